The van der Waals surface area contributed by atoms with Crippen molar-refractivity contribution in [1.82, 2.24) is 5.32 Å². The van der Waals surface area contributed by atoms with E-state index < -0.39 is 0 Å². The molecule has 0 spiro atoms. The average molecular weight is 276 g/mol. The Morgan fingerprint density at radius 3 is 2.70 bits per heavy atom. The minimum Gasteiger partial charge on any atom is -0.383 e. The largest absolute Gasteiger partial charge is 0.383 e. The summed E-state index contributed by atoms with van der Waals surface area (Å²) in [6, 6.07) is 9.50. The zero-order valence-corrected chi connectivity index (χ0v) is 13.1. The van der Waals surface area contributed by atoms with E-state index >= 15 is 0 Å². The Morgan fingerprint density at radius 1 is 1.30 bits per heavy atom. The number of nitrogens with one attached hydrogen (secondary N) is 1. The second-order valence-electron chi connectivity index (χ2n) is 6.12. The molecule has 1 aromatic rings. The smallest absolute Gasteiger partial charge is 0.0637 e. The van der Waals surface area contributed by atoms with E-state index in [2.05, 4.69) is 48.3 Å². The highest BCUT2D eigenvalue weighted by Gasteiger charge is 2.21. The molecule has 0 amide bonds. The van der Waals surface area contributed by atoms with Gasteiger partial charge in [0.05, 0.1) is 6.61 Å². The molecule has 20 heavy (non-hydrogen) atoms. The van der Waals surface area contributed by atoms with Crippen LogP contribution < -0.4 is 10.2 Å². The summed E-state index contributed by atoms with van der Waals surface area (Å²) in [6.07, 6.45) is 2.67. The van der Waals surface area contributed by atoms with Crippen molar-refractivity contribution in [3.8, 4) is 0 Å². The molecule has 0 bridgehead atoms. The van der Waals surface area contributed by atoms with E-state index in [0.29, 0.717) is 5.92 Å². The van der Waals surface area contributed by atoms with Gasteiger partial charge in [-0.2, -0.15) is 0 Å². The monoisotopic (exact) mass is 276 g/mol. The van der Waals surface area contributed by atoms with Crippen molar-refractivity contribution in [2.24, 2.45) is 5.92 Å². The summed E-state index contributed by atoms with van der Waals surface area (Å²) in [5, 5.41) is 3.62. The first kappa shape index (κ1) is 15.3. The van der Waals surface area contributed by atoms with Gasteiger partial charge in [0, 0.05) is 38.5 Å². The van der Waals surface area contributed by atoms with Crippen molar-refractivity contribution >= 4 is 5.69 Å². The lowest BCUT2D eigenvalue weighted by Gasteiger charge is -2.28. The molecule has 0 unspecified atom stereocenters. The van der Waals surface area contributed by atoms with Gasteiger partial charge in [0.2, 0.25) is 0 Å². The van der Waals surface area contributed by atoms with Crippen molar-refractivity contribution in [2.45, 2.75) is 39.3 Å². The van der Waals surface area contributed by atoms with Crippen LogP contribution in [0.5, 0.6) is 0 Å². The Labute approximate surface area is 123 Å². The first-order chi connectivity index (χ1) is 9.70. The summed E-state index contributed by atoms with van der Waals surface area (Å²) < 4.78 is 5.27. The van der Waals surface area contributed by atoms with Gasteiger partial charge in [0.15, 0.2) is 0 Å². The molecular weight excluding hydrogens is 248 g/mol. The molecule has 1 aromatic carbocycles. The fourth-order valence-corrected chi connectivity index (χ4v) is 2.46. The number of benzene rings is 1. The van der Waals surface area contributed by atoms with E-state index in [4.69, 9.17) is 4.74 Å². The highest BCUT2D eigenvalue weighted by molar-refractivity contribution is 5.53. The molecule has 3 nitrogen and oxygen atoms in total. The van der Waals surface area contributed by atoms with E-state index in [9.17, 15) is 0 Å². The summed E-state index contributed by atoms with van der Waals surface area (Å²) in [4.78, 5) is 2.46. The van der Waals surface area contributed by atoms with Crippen LogP contribution in [0.1, 0.15) is 32.3 Å². The topological polar surface area (TPSA) is 24.5 Å². The van der Waals surface area contributed by atoms with Gasteiger partial charge in [0.25, 0.3) is 0 Å². The van der Waals surface area contributed by atoms with Crippen molar-refractivity contribution in [3.05, 3.63) is 29.8 Å². The van der Waals surface area contributed by atoms with Gasteiger partial charge in [-0.05, 0) is 30.4 Å². The summed E-state index contributed by atoms with van der Waals surface area (Å²) in [5.74, 6) is 0.649. The quantitative estimate of drug-likeness (QED) is 0.750. The number of anilines is 1. The van der Waals surface area contributed by atoms with Crippen molar-refractivity contribution in [2.75, 3.05) is 31.7 Å². The molecule has 1 aliphatic carbocycles. The molecule has 1 aliphatic rings. The van der Waals surface area contributed by atoms with Crippen LogP contribution in [-0.2, 0) is 11.3 Å². The molecule has 0 aliphatic heterocycles. The van der Waals surface area contributed by atoms with Crippen LogP contribution >= 0.6 is 0 Å². The number of para-hydroxylation sites is 1. The van der Waals surface area contributed by atoms with Crippen LogP contribution in [0.3, 0.4) is 0 Å². The van der Waals surface area contributed by atoms with Crippen molar-refractivity contribution < 1.29 is 4.74 Å². The predicted molar refractivity (Wildman–Crippen MR) is 85.2 cm³/mol. The highest BCUT2D eigenvalue weighted by Crippen LogP contribution is 2.24. The summed E-state index contributed by atoms with van der Waals surface area (Å²) in [6.45, 7) is 8.31. The Kier molecular flexibility index (Phi) is 5.86. The maximum absolute atomic E-state index is 5.27. The third kappa shape index (κ3) is 4.80. The number of hydrogen-bond acceptors (Lipinski definition) is 3. The maximum Gasteiger partial charge on any atom is 0.0637 e. The molecule has 0 aromatic heterocycles. The summed E-state index contributed by atoms with van der Waals surface area (Å²) >= 11 is 0. The molecular formula is C17H28N2O. The molecule has 1 fully saturated rings. The fourth-order valence-electron chi connectivity index (χ4n) is 2.46. The predicted octanol–water partition coefficient (Wildman–Crippen LogP) is 3.05. The lowest BCUT2D eigenvalue weighted by atomic mass is 10.1. The molecule has 0 heterocycles. The molecule has 3 heteroatoms. The second kappa shape index (κ2) is 7.65. The summed E-state index contributed by atoms with van der Waals surface area (Å²) in [7, 11) is 1.77. The Hall–Kier alpha value is -1.06. The number of ether oxygens (including phenoxy) is 1. The van der Waals surface area contributed by atoms with Gasteiger partial charge in [0.1, 0.15) is 0 Å². The lowest BCUT2D eigenvalue weighted by Crippen LogP contribution is -2.32. The van der Waals surface area contributed by atoms with Gasteiger partial charge < -0.3 is 15.0 Å². The van der Waals surface area contributed by atoms with Crippen LogP contribution in [0.15, 0.2) is 24.3 Å². The molecule has 1 N–H and O–H groups in total. The van der Waals surface area contributed by atoms with Gasteiger partial charge in [-0.15, -0.1) is 0 Å². The molecule has 0 radical (unpaired) electrons. The Morgan fingerprint density at radius 2 is 2.05 bits per heavy atom. The van der Waals surface area contributed by atoms with E-state index in [1.165, 1.54) is 24.1 Å². The highest BCUT2D eigenvalue weighted by atomic mass is 16.5. The Bertz CT molecular complexity index is 402. The third-order valence-electron chi connectivity index (χ3n) is 3.64. The van der Waals surface area contributed by atoms with Crippen LogP contribution in [0.25, 0.3) is 0 Å². The van der Waals surface area contributed by atoms with Crippen LogP contribution in [0.4, 0.5) is 5.69 Å². The maximum atomic E-state index is 5.27. The molecule has 112 valence electrons. The number of hydrogen-bond donors (Lipinski definition) is 1. The summed E-state index contributed by atoms with van der Waals surface area (Å²) in [5.41, 5.74) is 2.75. The van der Waals surface area contributed by atoms with E-state index in [1.807, 2.05) is 0 Å². The zero-order valence-electron chi connectivity index (χ0n) is 13.1. The van der Waals surface area contributed by atoms with Gasteiger partial charge >= 0.3 is 0 Å². The van der Waals surface area contributed by atoms with Crippen molar-refractivity contribution in [3.63, 3.8) is 0 Å². The van der Waals surface area contributed by atoms with Gasteiger partial charge in [-0.3, -0.25) is 0 Å². The van der Waals surface area contributed by atoms with E-state index in [1.54, 1.807) is 7.11 Å². The molecule has 2 rings (SSSR count). The van der Waals surface area contributed by atoms with Crippen LogP contribution in [0, 0.1) is 5.92 Å². The standard InChI is InChI=1S/C17H28N2O/c1-14(2)13-19(10-11-20-3)17-7-5-4-6-15(17)12-18-16-8-9-16/h4-7,14,16,18H,8-13H2,1-3H3. The zero-order chi connectivity index (χ0) is 14.4. The minimum absolute atomic E-state index is 0.649. The first-order valence-electron chi connectivity index (χ1n) is 7.76. The average Bonchev–Trinajstić information content (AvgIpc) is 3.25. The SMILES string of the molecule is COCCN(CC(C)C)c1ccccc1CNC1CC1. The number of methoxy groups -OCH3 is 1. The second-order valence-corrected chi connectivity index (χ2v) is 6.12. The van der Waals surface area contributed by atoms with Crippen LogP contribution in [-0.4, -0.2) is 32.8 Å². The van der Waals surface area contributed by atoms with Crippen molar-refractivity contribution in [1.29, 1.82) is 0 Å². The molecule has 0 atom stereocenters. The third-order valence-corrected chi connectivity index (χ3v) is 3.64. The first-order valence-corrected chi connectivity index (χ1v) is 7.76. The fraction of sp³-hybridized carbons (Fsp3) is 0.647. The van der Waals surface area contributed by atoms with Gasteiger partial charge in [-0.25, -0.2) is 0 Å². The normalized spacial score (nSPS) is 14.8. The number of nitrogens with zero attached hydrogens (tertiary/aromatic N) is 1. The van der Waals surface area contributed by atoms with Gasteiger partial charge in [-0.1, -0.05) is 32.0 Å². The van der Waals surface area contributed by atoms with Crippen LogP contribution in [0.2, 0.25) is 0 Å². The van der Waals surface area contributed by atoms with E-state index in [0.717, 1.165) is 32.3 Å². The molecule has 1 saturated carbocycles. The number of rotatable bonds is 9. The Balaban J connectivity index is 2.07. The lowest BCUT2D eigenvalue weighted by molar-refractivity contribution is 0.204. The van der Waals surface area contributed by atoms with E-state index in [-0.39, 0.29) is 0 Å². The minimum atomic E-state index is 0.649. The molecule has 0 saturated heterocycles.